The van der Waals surface area contributed by atoms with Gasteiger partial charge in [-0.3, -0.25) is 4.68 Å². The van der Waals surface area contributed by atoms with Crippen LogP contribution in [-0.4, -0.2) is 38.0 Å². The summed E-state index contributed by atoms with van der Waals surface area (Å²) in [5.41, 5.74) is 6.35. The van der Waals surface area contributed by atoms with E-state index in [0.717, 1.165) is 46.9 Å². The fourth-order valence-corrected chi connectivity index (χ4v) is 3.25. The molecule has 0 saturated carbocycles. The largest absolute Gasteiger partial charge is 0.359 e. The van der Waals surface area contributed by atoms with Crippen LogP contribution in [0.25, 0.3) is 16.9 Å². The summed E-state index contributed by atoms with van der Waals surface area (Å²) in [6.45, 7) is 4.99. The molecule has 0 saturated heterocycles. The van der Waals surface area contributed by atoms with Crippen LogP contribution in [0.3, 0.4) is 0 Å². The van der Waals surface area contributed by atoms with E-state index >= 15 is 0 Å². The van der Waals surface area contributed by atoms with Crippen molar-refractivity contribution in [2.45, 2.75) is 20.3 Å². The molecule has 3 heterocycles. The Balaban J connectivity index is 1.74. The molecule has 6 heteroatoms. The van der Waals surface area contributed by atoms with Crippen molar-refractivity contribution in [3.63, 3.8) is 0 Å². The third-order valence-electron chi connectivity index (χ3n) is 4.99. The minimum absolute atomic E-state index is 0.872. The van der Waals surface area contributed by atoms with E-state index in [9.17, 15) is 0 Å². The van der Waals surface area contributed by atoms with Gasteiger partial charge in [-0.2, -0.15) is 14.7 Å². The number of hydrogen-bond donors (Lipinski definition) is 0. The van der Waals surface area contributed by atoms with Gasteiger partial charge in [-0.05, 0) is 25.8 Å². The molecular formula is C21H24N6. The van der Waals surface area contributed by atoms with Gasteiger partial charge in [0.2, 0.25) is 0 Å². The smallest absolute Gasteiger partial charge is 0.161 e. The van der Waals surface area contributed by atoms with Gasteiger partial charge < -0.3 is 4.90 Å². The maximum Gasteiger partial charge on any atom is 0.161 e. The Kier molecular flexibility index (Phi) is 4.39. The predicted molar refractivity (Wildman–Crippen MR) is 108 cm³/mol. The Labute approximate surface area is 159 Å². The van der Waals surface area contributed by atoms with E-state index in [0.29, 0.717) is 0 Å². The van der Waals surface area contributed by atoms with Gasteiger partial charge in [0, 0.05) is 44.0 Å². The van der Waals surface area contributed by atoms with Gasteiger partial charge in [0.15, 0.2) is 5.65 Å². The maximum atomic E-state index is 4.89. The quantitative estimate of drug-likeness (QED) is 0.547. The minimum atomic E-state index is 0.872. The first-order valence-corrected chi connectivity index (χ1v) is 9.14. The molecule has 0 radical (unpaired) electrons. The summed E-state index contributed by atoms with van der Waals surface area (Å²) < 4.78 is 3.80. The number of hydrogen-bond acceptors (Lipinski definition) is 4. The van der Waals surface area contributed by atoms with Crippen molar-refractivity contribution in [2.75, 3.05) is 18.5 Å². The summed E-state index contributed by atoms with van der Waals surface area (Å²) in [6, 6.07) is 12.4. The van der Waals surface area contributed by atoms with Gasteiger partial charge in [-0.25, -0.2) is 4.98 Å². The van der Waals surface area contributed by atoms with E-state index in [1.165, 1.54) is 5.56 Å². The molecule has 0 spiro atoms. The van der Waals surface area contributed by atoms with Crippen molar-refractivity contribution in [3.8, 4) is 11.3 Å². The average molecular weight is 360 g/mol. The molecule has 0 aliphatic heterocycles. The van der Waals surface area contributed by atoms with Crippen LogP contribution in [0.2, 0.25) is 0 Å². The standard InChI is InChI=1S/C21H24N6/c1-15-16(2)24-27-20(25(3)11-10-17-13-22-26(4)14-17)12-19(23-21(15)27)18-8-6-5-7-9-18/h5-9,12-14H,10-11H2,1-4H3. The number of benzene rings is 1. The van der Waals surface area contributed by atoms with Crippen LogP contribution in [0.15, 0.2) is 48.8 Å². The predicted octanol–water partition coefficient (Wildman–Crippen LogP) is 3.43. The van der Waals surface area contributed by atoms with E-state index in [1.807, 2.05) is 47.6 Å². The highest BCUT2D eigenvalue weighted by Crippen LogP contribution is 2.26. The van der Waals surface area contributed by atoms with Crippen LogP contribution >= 0.6 is 0 Å². The summed E-state index contributed by atoms with van der Waals surface area (Å²) >= 11 is 0. The zero-order valence-corrected chi connectivity index (χ0v) is 16.2. The first-order chi connectivity index (χ1) is 13.0. The second-order valence-electron chi connectivity index (χ2n) is 7.01. The fourth-order valence-electron chi connectivity index (χ4n) is 3.25. The van der Waals surface area contributed by atoms with Crippen molar-refractivity contribution in [2.24, 2.45) is 7.05 Å². The first kappa shape index (κ1) is 17.3. The molecule has 0 aliphatic rings. The summed E-state index contributed by atoms with van der Waals surface area (Å²) in [4.78, 5) is 7.13. The van der Waals surface area contributed by atoms with Crippen molar-refractivity contribution in [3.05, 3.63) is 65.6 Å². The summed E-state index contributed by atoms with van der Waals surface area (Å²) in [6.07, 6.45) is 4.91. The topological polar surface area (TPSA) is 51.2 Å². The normalized spacial score (nSPS) is 11.3. The number of likely N-dealkylation sites (N-methyl/N-ethyl adjacent to an activating group) is 1. The number of nitrogens with zero attached hydrogens (tertiary/aromatic N) is 6. The van der Waals surface area contributed by atoms with Gasteiger partial charge in [0.05, 0.1) is 17.6 Å². The molecule has 0 unspecified atom stereocenters. The van der Waals surface area contributed by atoms with Gasteiger partial charge in [-0.1, -0.05) is 30.3 Å². The molecule has 4 rings (SSSR count). The van der Waals surface area contributed by atoms with Crippen LogP contribution in [0.1, 0.15) is 16.8 Å². The lowest BCUT2D eigenvalue weighted by molar-refractivity contribution is 0.765. The molecule has 4 aromatic rings. The molecule has 0 N–H and O–H groups in total. The van der Waals surface area contributed by atoms with Crippen molar-refractivity contribution in [1.29, 1.82) is 0 Å². The van der Waals surface area contributed by atoms with Crippen LogP contribution in [-0.2, 0) is 13.5 Å². The van der Waals surface area contributed by atoms with Crippen LogP contribution in [0.5, 0.6) is 0 Å². The molecule has 0 aliphatic carbocycles. The number of aryl methyl sites for hydroxylation is 3. The highest BCUT2D eigenvalue weighted by molar-refractivity contribution is 5.68. The SMILES string of the molecule is Cc1nn2c(N(C)CCc3cnn(C)c3)cc(-c3ccccc3)nc2c1C. The van der Waals surface area contributed by atoms with E-state index in [4.69, 9.17) is 10.1 Å². The molecule has 27 heavy (non-hydrogen) atoms. The molecular weight excluding hydrogens is 336 g/mol. The van der Waals surface area contributed by atoms with E-state index < -0.39 is 0 Å². The van der Waals surface area contributed by atoms with E-state index in [-0.39, 0.29) is 0 Å². The molecule has 138 valence electrons. The van der Waals surface area contributed by atoms with Gasteiger partial charge in [0.25, 0.3) is 0 Å². The van der Waals surface area contributed by atoms with Gasteiger partial charge in [-0.15, -0.1) is 0 Å². The molecule has 0 fully saturated rings. The summed E-state index contributed by atoms with van der Waals surface area (Å²) in [5.74, 6) is 1.04. The molecule has 0 bridgehead atoms. The third-order valence-corrected chi connectivity index (χ3v) is 4.99. The van der Waals surface area contributed by atoms with Gasteiger partial charge in [0.1, 0.15) is 5.82 Å². The number of anilines is 1. The molecule has 0 atom stereocenters. The number of fused-ring (bicyclic) bond motifs is 1. The maximum absolute atomic E-state index is 4.89. The lowest BCUT2D eigenvalue weighted by Gasteiger charge is -2.20. The second-order valence-corrected chi connectivity index (χ2v) is 7.01. The highest BCUT2D eigenvalue weighted by Gasteiger charge is 2.16. The van der Waals surface area contributed by atoms with Crippen molar-refractivity contribution < 1.29 is 0 Å². The van der Waals surface area contributed by atoms with Crippen LogP contribution < -0.4 is 4.90 Å². The molecule has 6 nitrogen and oxygen atoms in total. The Hall–Kier alpha value is -3.15. The third kappa shape index (κ3) is 3.30. The van der Waals surface area contributed by atoms with Crippen LogP contribution in [0.4, 0.5) is 5.82 Å². The van der Waals surface area contributed by atoms with E-state index in [1.54, 1.807) is 0 Å². The summed E-state index contributed by atoms with van der Waals surface area (Å²) in [7, 11) is 4.05. The highest BCUT2D eigenvalue weighted by atomic mass is 15.3. The Morgan fingerprint density at radius 1 is 1.11 bits per heavy atom. The van der Waals surface area contributed by atoms with Gasteiger partial charge >= 0.3 is 0 Å². The zero-order valence-electron chi connectivity index (χ0n) is 16.2. The first-order valence-electron chi connectivity index (χ1n) is 9.14. The van der Waals surface area contributed by atoms with Crippen molar-refractivity contribution >= 4 is 11.5 Å². The lowest BCUT2D eigenvalue weighted by Crippen LogP contribution is -2.23. The average Bonchev–Trinajstić information content (AvgIpc) is 3.23. The molecule has 0 amide bonds. The lowest BCUT2D eigenvalue weighted by atomic mass is 10.1. The molecule has 1 aromatic carbocycles. The minimum Gasteiger partial charge on any atom is -0.359 e. The monoisotopic (exact) mass is 360 g/mol. The Bertz CT molecular complexity index is 1080. The zero-order chi connectivity index (χ0) is 19.0. The van der Waals surface area contributed by atoms with E-state index in [2.05, 4.69) is 48.4 Å². The fraction of sp³-hybridized carbons (Fsp3) is 0.286. The second kappa shape index (κ2) is 6.87. The Morgan fingerprint density at radius 3 is 2.59 bits per heavy atom. The Morgan fingerprint density at radius 2 is 1.89 bits per heavy atom. The van der Waals surface area contributed by atoms with Crippen LogP contribution in [0, 0.1) is 13.8 Å². The number of rotatable bonds is 5. The molecule has 3 aromatic heterocycles. The number of aromatic nitrogens is 5. The summed E-state index contributed by atoms with van der Waals surface area (Å²) in [5, 5.41) is 8.98. The van der Waals surface area contributed by atoms with Crippen molar-refractivity contribution in [1.82, 2.24) is 24.4 Å².